The number of nitrogens with one attached hydrogen (secondary N) is 3. The normalized spacial score (nSPS) is 15.4. The maximum atomic E-state index is 13.2. The predicted octanol–water partition coefficient (Wildman–Crippen LogP) is 5.76. The molecule has 1 aliphatic rings. The smallest absolute Gasteiger partial charge is 0.262 e. The van der Waals surface area contributed by atoms with Crippen LogP contribution in [-0.2, 0) is 11.3 Å². The Bertz CT molecular complexity index is 1230. The molecule has 37 heavy (non-hydrogen) atoms. The number of halogens is 2. The monoisotopic (exact) mass is 546 g/mol. The minimum Gasteiger partial charge on any atom is -0.376 e. The number of carbonyl (C=O) groups excluding carboxylic acids is 2. The van der Waals surface area contributed by atoms with Gasteiger partial charge in [-0.2, -0.15) is 5.10 Å². The van der Waals surface area contributed by atoms with Crippen LogP contribution in [0.4, 0.5) is 15.8 Å². The molecule has 3 aromatic rings. The third kappa shape index (κ3) is 7.29. The van der Waals surface area contributed by atoms with Crippen LogP contribution in [0, 0.1) is 12.8 Å². The summed E-state index contributed by atoms with van der Waals surface area (Å²) in [6, 6.07) is 4.78. The van der Waals surface area contributed by atoms with Gasteiger partial charge in [0.05, 0.1) is 45.8 Å². The van der Waals surface area contributed by atoms with Crippen LogP contribution < -0.4 is 16.0 Å². The summed E-state index contributed by atoms with van der Waals surface area (Å²) in [6.45, 7) is 3.50. The summed E-state index contributed by atoms with van der Waals surface area (Å²) in [4.78, 5) is 32.1. The third-order valence-corrected chi connectivity index (χ3v) is 8.06. The Morgan fingerprint density at radius 1 is 1.27 bits per heavy atom. The molecule has 8 nitrogen and oxygen atoms in total. The topological polar surface area (TPSA) is 101 Å². The second-order valence-corrected chi connectivity index (χ2v) is 11.0. The van der Waals surface area contributed by atoms with E-state index in [-0.39, 0.29) is 24.4 Å². The molecule has 0 bridgehead atoms. The number of aromatic nitrogens is 3. The van der Waals surface area contributed by atoms with E-state index < -0.39 is 12.7 Å². The molecule has 3 N–H and O–H groups in total. The third-order valence-electron chi connectivity index (χ3n) is 6.58. The fourth-order valence-electron chi connectivity index (χ4n) is 4.57. The lowest BCUT2D eigenvalue weighted by molar-refractivity contribution is -0.118. The second-order valence-electron chi connectivity index (χ2n) is 9.44. The number of rotatable bonds is 11. The number of hydrogen-bond acceptors (Lipinski definition) is 6. The first-order chi connectivity index (χ1) is 17.8. The van der Waals surface area contributed by atoms with Crippen molar-refractivity contribution in [1.82, 2.24) is 20.1 Å². The summed E-state index contributed by atoms with van der Waals surface area (Å²) in [5.41, 5.74) is 2.15. The number of carbonyl (C=O) groups is 2. The van der Waals surface area contributed by atoms with Gasteiger partial charge in [-0.05, 0) is 44.4 Å². The van der Waals surface area contributed by atoms with E-state index in [9.17, 15) is 14.0 Å². The Morgan fingerprint density at radius 3 is 2.81 bits per heavy atom. The summed E-state index contributed by atoms with van der Waals surface area (Å²) in [6.07, 6.45) is 9.65. The van der Waals surface area contributed by atoms with Gasteiger partial charge in [-0.1, -0.05) is 37.3 Å². The number of hydrogen-bond donors (Lipinski definition) is 3. The zero-order valence-electron chi connectivity index (χ0n) is 21.0. The van der Waals surface area contributed by atoms with Crippen LogP contribution in [-0.4, -0.2) is 39.3 Å². The SMILES string of the molecule is Cc1ncc(Cl)cc1N[C@@H](C)c1ccc(C(=O)N[C@@H](CC2CCCC2)C(=O)Nc2cnn(CCF)c2)s1. The predicted molar refractivity (Wildman–Crippen MR) is 145 cm³/mol. The van der Waals surface area contributed by atoms with Crippen LogP contribution in [0.5, 0.6) is 0 Å². The minimum atomic E-state index is -0.679. The summed E-state index contributed by atoms with van der Waals surface area (Å²) in [7, 11) is 0. The fraction of sp³-hybridized carbons (Fsp3) is 0.462. The van der Waals surface area contributed by atoms with Crippen LogP contribution in [0.2, 0.25) is 5.02 Å². The van der Waals surface area contributed by atoms with Crippen molar-refractivity contribution in [3.63, 3.8) is 0 Å². The maximum Gasteiger partial charge on any atom is 0.262 e. The van der Waals surface area contributed by atoms with Gasteiger partial charge in [0, 0.05) is 17.3 Å². The Labute approximate surface area is 225 Å². The Morgan fingerprint density at radius 2 is 2.05 bits per heavy atom. The van der Waals surface area contributed by atoms with Crippen LogP contribution in [0.3, 0.4) is 0 Å². The van der Waals surface area contributed by atoms with Crippen molar-refractivity contribution in [2.75, 3.05) is 17.3 Å². The number of amides is 2. The first-order valence-corrected chi connectivity index (χ1v) is 13.7. The van der Waals surface area contributed by atoms with E-state index in [1.807, 2.05) is 26.0 Å². The van der Waals surface area contributed by atoms with E-state index in [0.29, 0.717) is 27.9 Å². The molecule has 4 rings (SSSR count). The number of pyridine rings is 1. The Kier molecular flexibility index (Phi) is 9.15. The highest BCUT2D eigenvalue weighted by molar-refractivity contribution is 7.14. The van der Waals surface area contributed by atoms with Crippen molar-refractivity contribution < 1.29 is 14.0 Å². The summed E-state index contributed by atoms with van der Waals surface area (Å²) < 4.78 is 14.0. The van der Waals surface area contributed by atoms with Crippen LogP contribution in [0.1, 0.15) is 65.3 Å². The lowest BCUT2D eigenvalue weighted by Gasteiger charge is -2.21. The molecule has 0 spiro atoms. The first kappa shape index (κ1) is 27.1. The van der Waals surface area contributed by atoms with E-state index in [1.54, 1.807) is 18.5 Å². The molecule has 198 valence electrons. The molecule has 1 fully saturated rings. The lowest BCUT2D eigenvalue weighted by atomic mass is 9.97. The van der Waals surface area contributed by atoms with Gasteiger partial charge in [0.2, 0.25) is 5.91 Å². The van der Waals surface area contributed by atoms with Gasteiger partial charge >= 0.3 is 0 Å². The molecule has 1 aliphatic carbocycles. The zero-order valence-corrected chi connectivity index (χ0v) is 22.5. The van der Waals surface area contributed by atoms with Crippen LogP contribution in [0.15, 0.2) is 36.8 Å². The summed E-state index contributed by atoms with van der Waals surface area (Å²) in [5.74, 6) is -0.186. The highest BCUT2D eigenvalue weighted by atomic mass is 35.5. The molecule has 2 atom stereocenters. The molecular weight excluding hydrogens is 515 g/mol. The molecule has 0 aliphatic heterocycles. The highest BCUT2D eigenvalue weighted by Gasteiger charge is 2.28. The fourth-order valence-corrected chi connectivity index (χ4v) is 5.64. The number of aryl methyl sites for hydroxylation is 2. The van der Waals surface area contributed by atoms with E-state index in [1.165, 1.54) is 22.2 Å². The van der Waals surface area contributed by atoms with Crippen molar-refractivity contribution in [2.45, 2.75) is 64.6 Å². The Balaban J connectivity index is 1.42. The van der Waals surface area contributed by atoms with Gasteiger partial charge in [-0.3, -0.25) is 19.3 Å². The quantitative estimate of drug-likeness (QED) is 0.284. The maximum absolute atomic E-state index is 13.2. The number of nitrogens with zero attached hydrogens (tertiary/aromatic N) is 3. The van der Waals surface area contributed by atoms with Gasteiger partial charge in [0.1, 0.15) is 12.7 Å². The van der Waals surface area contributed by atoms with Crippen molar-refractivity contribution in [3.8, 4) is 0 Å². The summed E-state index contributed by atoms with van der Waals surface area (Å²) in [5, 5.41) is 13.8. The molecule has 2 amide bonds. The van der Waals surface area contributed by atoms with Gasteiger partial charge in [-0.25, -0.2) is 4.39 Å². The molecular formula is C26H32ClFN6O2S. The lowest BCUT2D eigenvalue weighted by Crippen LogP contribution is -2.44. The van der Waals surface area contributed by atoms with Crippen LogP contribution >= 0.6 is 22.9 Å². The molecule has 11 heteroatoms. The standard InChI is InChI=1S/C26H32ClFN6O2S/c1-16-21(12-19(27)13-29-16)31-17(2)23-7-8-24(37-23)26(36)33-22(11-18-5-3-4-6-18)25(35)32-20-14-30-34(15-20)10-9-28/h7-8,12-15,17-18,22,31H,3-6,9-11H2,1-2H3,(H,32,35)(H,33,36)/t17-,22-/m0/s1. The number of anilines is 2. The van der Waals surface area contributed by atoms with Crippen molar-refractivity contribution in [3.05, 3.63) is 57.3 Å². The first-order valence-electron chi connectivity index (χ1n) is 12.5. The van der Waals surface area contributed by atoms with Gasteiger partial charge in [0.25, 0.3) is 5.91 Å². The van der Waals surface area contributed by atoms with Crippen molar-refractivity contribution >= 4 is 46.1 Å². The van der Waals surface area contributed by atoms with Gasteiger partial charge < -0.3 is 16.0 Å². The molecule has 0 unspecified atom stereocenters. The van der Waals surface area contributed by atoms with E-state index in [4.69, 9.17) is 11.6 Å². The number of thiophene rings is 1. The van der Waals surface area contributed by atoms with Gasteiger partial charge in [-0.15, -0.1) is 11.3 Å². The zero-order chi connectivity index (χ0) is 26.4. The van der Waals surface area contributed by atoms with Gasteiger partial charge in [0.15, 0.2) is 0 Å². The molecule has 1 saturated carbocycles. The molecule has 0 radical (unpaired) electrons. The minimum absolute atomic E-state index is 0.0658. The Hall–Kier alpha value is -2.98. The second kappa shape index (κ2) is 12.5. The van der Waals surface area contributed by atoms with Crippen molar-refractivity contribution in [1.29, 1.82) is 0 Å². The molecule has 0 aromatic carbocycles. The highest BCUT2D eigenvalue weighted by Crippen LogP contribution is 2.30. The van der Waals surface area contributed by atoms with Crippen molar-refractivity contribution in [2.24, 2.45) is 5.92 Å². The van der Waals surface area contributed by atoms with E-state index >= 15 is 0 Å². The summed E-state index contributed by atoms with van der Waals surface area (Å²) >= 11 is 7.47. The molecule has 0 saturated heterocycles. The van der Waals surface area contributed by atoms with Crippen LogP contribution in [0.25, 0.3) is 0 Å². The van der Waals surface area contributed by atoms with E-state index in [2.05, 4.69) is 26.0 Å². The molecule has 3 aromatic heterocycles. The average molecular weight is 547 g/mol. The molecule has 3 heterocycles. The largest absolute Gasteiger partial charge is 0.376 e. The van der Waals surface area contributed by atoms with E-state index in [0.717, 1.165) is 41.9 Å². The average Bonchev–Trinajstić information content (AvgIpc) is 3.64. The number of alkyl halides is 1.